The zero-order valence-corrected chi connectivity index (χ0v) is 24.0. The number of phosphoric acid groups is 3. The number of benzene rings is 1. The van der Waals surface area contributed by atoms with Crippen molar-refractivity contribution >= 4 is 23.5 Å². The minimum atomic E-state index is -5.82. The highest BCUT2D eigenvalue weighted by molar-refractivity contribution is 7.66. The van der Waals surface area contributed by atoms with Gasteiger partial charge in [-0.25, -0.2) is 22.9 Å². The molecule has 43 heavy (non-hydrogen) atoms. The van der Waals surface area contributed by atoms with E-state index in [9.17, 15) is 43.3 Å². The van der Waals surface area contributed by atoms with Gasteiger partial charge in [0.1, 0.15) is 18.3 Å². The Balaban J connectivity index is 1.53. The third-order valence-electron chi connectivity index (χ3n) is 5.88. The molecule has 1 fully saturated rings. The van der Waals surface area contributed by atoms with Crippen molar-refractivity contribution in [3.8, 4) is 11.1 Å². The van der Waals surface area contributed by atoms with E-state index in [1.807, 2.05) is 0 Å². The molecule has 234 valence electrons. The molecule has 22 heteroatoms. The maximum absolute atomic E-state index is 15.3. The SMILES string of the molecule is O=c1ccn([C@@H]2O[C@H](COP(=O)(O)OP(=O)(O)OP(=O)(O)O)C(O)C2O)c(=O)n1Cc1nccc(-c2ccccc2)c1F. The van der Waals surface area contributed by atoms with E-state index in [0.29, 0.717) is 14.7 Å². The van der Waals surface area contributed by atoms with Crippen LogP contribution in [-0.4, -0.2) is 68.8 Å². The third-order valence-corrected chi connectivity index (χ3v) is 9.68. The second kappa shape index (κ2) is 12.7. The summed E-state index contributed by atoms with van der Waals surface area (Å²) in [6.07, 6.45) is -5.04. The molecule has 2 aromatic heterocycles. The lowest BCUT2D eigenvalue weighted by atomic mass is 10.1. The second-order valence-corrected chi connectivity index (χ2v) is 13.3. The predicted molar refractivity (Wildman–Crippen MR) is 139 cm³/mol. The Hall–Kier alpha value is -2.73. The van der Waals surface area contributed by atoms with E-state index < -0.39 is 78.2 Å². The molecule has 1 aliphatic heterocycles. The van der Waals surface area contributed by atoms with Gasteiger partial charge in [-0.05, 0) is 11.6 Å². The zero-order chi connectivity index (χ0) is 31.7. The van der Waals surface area contributed by atoms with Gasteiger partial charge in [0.15, 0.2) is 12.0 Å². The number of nitrogens with zero attached hydrogens (tertiary/aromatic N) is 3. The summed E-state index contributed by atoms with van der Waals surface area (Å²) in [7, 11) is -17.0. The Morgan fingerprint density at radius 1 is 0.930 bits per heavy atom. The van der Waals surface area contributed by atoms with Gasteiger partial charge in [-0.1, -0.05) is 30.3 Å². The van der Waals surface area contributed by atoms with Gasteiger partial charge in [-0.15, -0.1) is 0 Å². The average molecular weight is 669 g/mol. The summed E-state index contributed by atoms with van der Waals surface area (Å²) in [5.41, 5.74) is -1.58. The lowest BCUT2D eigenvalue weighted by Gasteiger charge is -2.19. The van der Waals surface area contributed by atoms with Crippen LogP contribution in [0.25, 0.3) is 11.1 Å². The lowest BCUT2D eigenvalue weighted by molar-refractivity contribution is -0.0547. The van der Waals surface area contributed by atoms with Crippen molar-refractivity contribution in [3.05, 3.63) is 87.2 Å². The summed E-state index contributed by atoms with van der Waals surface area (Å²) in [6.45, 7) is -1.76. The van der Waals surface area contributed by atoms with E-state index in [1.54, 1.807) is 30.3 Å². The first kappa shape index (κ1) is 33.2. The van der Waals surface area contributed by atoms with E-state index >= 15 is 4.39 Å². The van der Waals surface area contributed by atoms with Crippen molar-refractivity contribution in [3.63, 3.8) is 0 Å². The minimum absolute atomic E-state index is 0.159. The van der Waals surface area contributed by atoms with Crippen molar-refractivity contribution < 1.29 is 65.8 Å². The Morgan fingerprint density at radius 2 is 1.60 bits per heavy atom. The molecule has 18 nitrogen and oxygen atoms in total. The van der Waals surface area contributed by atoms with Crippen molar-refractivity contribution in [1.29, 1.82) is 0 Å². The van der Waals surface area contributed by atoms with Gasteiger partial charge < -0.3 is 34.5 Å². The number of rotatable bonds is 11. The average Bonchev–Trinajstić information content (AvgIpc) is 3.18. The summed E-state index contributed by atoms with van der Waals surface area (Å²) in [5, 5.41) is 20.9. The molecule has 1 saturated heterocycles. The number of hydrogen-bond donors (Lipinski definition) is 6. The molecular formula is C21H23FN3O15P3. The van der Waals surface area contributed by atoms with Gasteiger partial charge in [-0.3, -0.25) is 23.4 Å². The van der Waals surface area contributed by atoms with Crippen LogP contribution in [0, 0.1) is 5.82 Å². The van der Waals surface area contributed by atoms with Crippen LogP contribution in [0.4, 0.5) is 4.39 Å². The molecule has 3 heterocycles. The van der Waals surface area contributed by atoms with Crippen LogP contribution in [0.2, 0.25) is 0 Å². The van der Waals surface area contributed by atoms with Crippen LogP contribution >= 0.6 is 23.5 Å². The van der Waals surface area contributed by atoms with E-state index in [2.05, 4.69) is 18.1 Å². The van der Waals surface area contributed by atoms with E-state index in [1.165, 1.54) is 12.3 Å². The lowest BCUT2D eigenvalue weighted by Crippen LogP contribution is -2.43. The highest BCUT2D eigenvalue weighted by Gasteiger charge is 2.47. The van der Waals surface area contributed by atoms with Crippen molar-refractivity contribution in [2.75, 3.05) is 6.61 Å². The van der Waals surface area contributed by atoms with Crippen molar-refractivity contribution in [2.24, 2.45) is 0 Å². The van der Waals surface area contributed by atoms with Gasteiger partial charge >= 0.3 is 29.2 Å². The molecule has 1 aromatic carbocycles. The molecule has 3 aromatic rings. The second-order valence-electron chi connectivity index (χ2n) is 8.85. The standard InChI is InChI=1S/C21H23FN3O15P3/c22-17-13(12-4-2-1-3-5-12)6-8-23-14(17)10-25-16(26)7-9-24(21(25)29)20-19(28)18(27)15(38-20)11-37-42(33,34)40-43(35,36)39-41(30,31)32/h1-9,15,18-20,27-28H,10-11H2,(H,33,34)(H,35,36)(H2,30,31,32)/t15-,18?,19?,20-/m1/s1. The fourth-order valence-electron chi connectivity index (χ4n) is 4.03. The van der Waals surface area contributed by atoms with Gasteiger partial charge in [0, 0.05) is 24.0 Å². The predicted octanol–water partition coefficient (Wildman–Crippen LogP) is 0.222. The molecule has 1 aliphatic rings. The fourth-order valence-corrected chi connectivity index (χ4v) is 7.06. The normalized spacial score (nSPS) is 23.5. The molecule has 0 aliphatic carbocycles. The summed E-state index contributed by atoms with van der Waals surface area (Å²) in [4.78, 5) is 65.7. The topological polar surface area (TPSA) is 266 Å². The summed E-state index contributed by atoms with van der Waals surface area (Å²) < 4.78 is 67.7. The first-order chi connectivity index (χ1) is 20.0. The molecule has 6 atom stereocenters. The van der Waals surface area contributed by atoms with Gasteiger partial charge in [0.25, 0.3) is 5.56 Å². The molecule has 0 spiro atoms. The molecule has 6 N–H and O–H groups in total. The molecule has 0 saturated carbocycles. The monoisotopic (exact) mass is 669 g/mol. The maximum Gasteiger partial charge on any atom is 0.490 e. The van der Waals surface area contributed by atoms with E-state index in [0.717, 1.165) is 12.3 Å². The van der Waals surface area contributed by atoms with Crippen molar-refractivity contribution in [1.82, 2.24) is 14.1 Å². The Bertz CT molecular complexity index is 1750. The zero-order valence-electron chi connectivity index (χ0n) is 21.3. The van der Waals surface area contributed by atoms with Crippen LogP contribution in [0.15, 0.2) is 64.4 Å². The number of halogens is 1. The van der Waals surface area contributed by atoms with Crippen molar-refractivity contribution in [2.45, 2.75) is 31.1 Å². The number of aliphatic hydroxyl groups excluding tert-OH is 2. The Kier molecular flexibility index (Phi) is 9.80. The maximum atomic E-state index is 15.3. The van der Waals surface area contributed by atoms with Gasteiger partial charge in [0.05, 0.1) is 18.8 Å². The number of pyridine rings is 1. The number of ether oxygens (including phenoxy) is 1. The van der Waals surface area contributed by atoms with E-state index in [-0.39, 0.29) is 11.3 Å². The van der Waals surface area contributed by atoms with Crippen LogP contribution in [0.5, 0.6) is 0 Å². The molecule has 0 amide bonds. The fraction of sp³-hybridized carbons (Fsp3) is 0.286. The summed E-state index contributed by atoms with van der Waals surface area (Å²) >= 11 is 0. The molecule has 0 radical (unpaired) electrons. The molecular weight excluding hydrogens is 646 g/mol. The van der Waals surface area contributed by atoms with Crippen LogP contribution in [0.3, 0.4) is 0 Å². The number of hydrogen-bond acceptors (Lipinski definition) is 12. The Morgan fingerprint density at radius 3 is 2.26 bits per heavy atom. The number of phosphoric ester groups is 1. The summed E-state index contributed by atoms with van der Waals surface area (Å²) in [6, 6.07) is 10.7. The van der Waals surface area contributed by atoms with Gasteiger partial charge in [0.2, 0.25) is 0 Å². The highest BCUT2D eigenvalue weighted by Crippen LogP contribution is 2.66. The third kappa shape index (κ3) is 8.06. The molecule has 4 rings (SSSR count). The Labute approximate surface area is 239 Å². The van der Waals surface area contributed by atoms with Crippen LogP contribution in [0.1, 0.15) is 11.9 Å². The molecule has 0 bridgehead atoms. The largest absolute Gasteiger partial charge is 0.490 e. The van der Waals surface area contributed by atoms with Gasteiger partial charge in [-0.2, -0.15) is 8.62 Å². The highest BCUT2D eigenvalue weighted by atomic mass is 31.3. The first-order valence-corrected chi connectivity index (χ1v) is 16.3. The minimum Gasteiger partial charge on any atom is -0.387 e. The molecule has 4 unspecified atom stereocenters. The van der Waals surface area contributed by atoms with E-state index in [4.69, 9.17) is 14.5 Å². The smallest absolute Gasteiger partial charge is 0.387 e. The number of aromatic nitrogens is 3. The quantitative estimate of drug-likeness (QED) is 0.149. The van der Waals surface area contributed by atoms with Crippen LogP contribution < -0.4 is 11.2 Å². The first-order valence-electron chi connectivity index (χ1n) is 11.8. The van der Waals surface area contributed by atoms with Crippen LogP contribution in [-0.2, 0) is 38.1 Å². The number of aliphatic hydroxyl groups is 2. The summed E-state index contributed by atoms with van der Waals surface area (Å²) in [5.74, 6) is -0.797.